The van der Waals surface area contributed by atoms with Gasteiger partial charge in [0.2, 0.25) is 0 Å². The Hall–Kier alpha value is -0.0800. The molecule has 0 aromatic rings. The summed E-state index contributed by atoms with van der Waals surface area (Å²) in [6.07, 6.45) is 13.1. The summed E-state index contributed by atoms with van der Waals surface area (Å²) in [7, 11) is 2.32. The molecule has 2 rings (SSSR count). The molecule has 1 aliphatic heterocycles. The molecule has 1 saturated carbocycles. The van der Waals surface area contributed by atoms with Gasteiger partial charge in [0.1, 0.15) is 0 Å². The average molecular weight is 252 g/mol. The minimum atomic E-state index is 0.989. The van der Waals surface area contributed by atoms with Crippen molar-refractivity contribution < 1.29 is 0 Å². The first-order chi connectivity index (χ1) is 8.84. The zero-order chi connectivity index (χ0) is 12.6. The van der Waals surface area contributed by atoms with Crippen molar-refractivity contribution in [3.63, 3.8) is 0 Å². The van der Waals surface area contributed by atoms with E-state index in [4.69, 9.17) is 0 Å². The van der Waals surface area contributed by atoms with E-state index in [9.17, 15) is 0 Å². The molecule has 0 atom stereocenters. The molecule has 0 unspecified atom stereocenters. The van der Waals surface area contributed by atoms with Crippen LogP contribution in [0, 0.1) is 11.8 Å². The van der Waals surface area contributed by atoms with Crippen LogP contribution in [0.5, 0.6) is 0 Å². The highest BCUT2D eigenvalue weighted by molar-refractivity contribution is 4.71. The maximum Gasteiger partial charge on any atom is -0.00191 e. The molecule has 1 aliphatic carbocycles. The van der Waals surface area contributed by atoms with Crippen molar-refractivity contribution in [1.82, 2.24) is 10.2 Å². The van der Waals surface area contributed by atoms with E-state index in [0.29, 0.717) is 0 Å². The van der Waals surface area contributed by atoms with Crippen LogP contribution >= 0.6 is 0 Å². The number of nitrogens with one attached hydrogen (secondary N) is 1. The zero-order valence-electron chi connectivity index (χ0n) is 12.3. The Labute approximate surface area is 114 Å². The largest absolute Gasteiger partial charge is 0.317 e. The van der Waals surface area contributed by atoms with E-state index in [0.717, 1.165) is 11.8 Å². The van der Waals surface area contributed by atoms with Crippen molar-refractivity contribution in [3.8, 4) is 0 Å². The second-order valence-corrected chi connectivity index (χ2v) is 6.58. The highest BCUT2D eigenvalue weighted by Crippen LogP contribution is 2.26. The fourth-order valence-electron chi connectivity index (χ4n) is 3.56. The standard InChI is InChI=1S/C16H32N2/c1-18(13-9-15-5-3-2-4-6-15)14-10-16-7-11-17-12-8-16/h15-17H,2-14H2,1H3. The van der Waals surface area contributed by atoms with Crippen LogP contribution in [0.15, 0.2) is 0 Å². The molecule has 2 aliphatic rings. The summed E-state index contributed by atoms with van der Waals surface area (Å²) in [5, 5.41) is 3.46. The Kier molecular flexibility index (Phi) is 6.50. The highest BCUT2D eigenvalue weighted by Gasteiger charge is 2.15. The van der Waals surface area contributed by atoms with E-state index in [-0.39, 0.29) is 0 Å². The SMILES string of the molecule is CN(CCC1CCCCC1)CCC1CCNCC1. The van der Waals surface area contributed by atoms with Gasteiger partial charge in [0, 0.05) is 0 Å². The number of nitrogens with zero attached hydrogens (tertiary/aromatic N) is 1. The topological polar surface area (TPSA) is 15.3 Å². The van der Waals surface area contributed by atoms with Crippen molar-refractivity contribution in [1.29, 1.82) is 0 Å². The molecule has 2 heteroatoms. The van der Waals surface area contributed by atoms with Crippen molar-refractivity contribution in [2.24, 2.45) is 11.8 Å². The lowest BCUT2D eigenvalue weighted by Crippen LogP contribution is -2.31. The Bertz CT molecular complexity index is 183. The molecule has 1 saturated heterocycles. The van der Waals surface area contributed by atoms with Gasteiger partial charge in [-0.05, 0) is 70.7 Å². The molecular formula is C16H32N2. The normalized spacial score (nSPS) is 23.7. The van der Waals surface area contributed by atoms with Crippen LogP contribution in [-0.4, -0.2) is 38.1 Å². The van der Waals surface area contributed by atoms with Crippen LogP contribution in [0.25, 0.3) is 0 Å². The van der Waals surface area contributed by atoms with Crippen LogP contribution in [0.1, 0.15) is 57.8 Å². The predicted molar refractivity (Wildman–Crippen MR) is 78.9 cm³/mol. The maximum atomic E-state index is 3.46. The predicted octanol–water partition coefficient (Wildman–Crippen LogP) is 3.28. The fourth-order valence-corrected chi connectivity index (χ4v) is 3.56. The molecule has 1 N–H and O–H groups in total. The number of piperidine rings is 1. The second-order valence-electron chi connectivity index (χ2n) is 6.58. The van der Waals surface area contributed by atoms with Crippen LogP contribution in [-0.2, 0) is 0 Å². The number of rotatable bonds is 6. The van der Waals surface area contributed by atoms with E-state index >= 15 is 0 Å². The summed E-state index contributed by atoms with van der Waals surface area (Å²) in [5.41, 5.74) is 0. The fraction of sp³-hybridized carbons (Fsp3) is 1.00. The smallest absolute Gasteiger partial charge is 0.00191 e. The minimum absolute atomic E-state index is 0.989. The molecular weight excluding hydrogens is 220 g/mol. The molecule has 106 valence electrons. The summed E-state index contributed by atoms with van der Waals surface area (Å²) < 4.78 is 0. The summed E-state index contributed by atoms with van der Waals surface area (Å²) in [5.74, 6) is 2.03. The first-order valence-corrected chi connectivity index (χ1v) is 8.24. The Balaban J connectivity index is 1.52. The van der Waals surface area contributed by atoms with Gasteiger partial charge in [-0.15, -0.1) is 0 Å². The molecule has 0 aromatic heterocycles. The van der Waals surface area contributed by atoms with Crippen molar-refractivity contribution in [2.75, 3.05) is 33.2 Å². The first kappa shape index (κ1) is 14.3. The molecule has 0 aromatic carbocycles. The van der Waals surface area contributed by atoms with Gasteiger partial charge in [-0.25, -0.2) is 0 Å². The van der Waals surface area contributed by atoms with Gasteiger partial charge in [-0.1, -0.05) is 32.1 Å². The molecule has 0 radical (unpaired) electrons. The van der Waals surface area contributed by atoms with Gasteiger partial charge in [0.05, 0.1) is 0 Å². The Morgan fingerprint density at radius 1 is 0.833 bits per heavy atom. The average Bonchev–Trinajstić information content (AvgIpc) is 2.45. The van der Waals surface area contributed by atoms with Gasteiger partial charge in [-0.3, -0.25) is 0 Å². The van der Waals surface area contributed by atoms with E-state index < -0.39 is 0 Å². The third-order valence-corrected chi connectivity index (χ3v) is 5.02. The quantitative estimate of drug-likeness (QED) is 0.780. The van der Waals surface area contributed by atoms with E-state index in [1.54, 1.807) is 0 Å². The van der Waals surface area contributed by atoms with Crippen molar-refractivity contribution in [3.05, 3.63) is 0 Å². The molecule has 2 nitrogen and oxygen atoms in total. The van der Waals surface area contributed by atoms with Crippen LogP contribution in [0.2, 0.25) is 0 Å². The van der Waals surface area contributed by atoms with Crippen molar-refractivity contribution >= 4 is 0 Å². The lowest BCUT2D eigenvalue weighted by Gasteiger charge is -2.27. The first-order valence-electron chi connectivity index (χ1n) is 8.24. The zero-order valence-corrected chi connectivity index (χ0v) is 12.3. The van der Waals surface area contributed by atoms with E-state index in [2.05, 4.69) is 17.3 Å². The number of hydrogen-bond donors (Lipinski definition) is 1. The van der Waals surface area contributed by atoms with Gasteiger partial charge in [0.25, 0.3) is 0 Å². The van der Waals surface area contributed by atoms with Crippen LogP contribution in [0.4, 0.5) is 0 Å². The van der Waals surface area contributed by atoms with Crippen molar-refractivity contribution in [2.45, 2.75) is 57.8 Å². The third-order valence-electron chi connectivity index (χ3n) is 5.02. The molecule has 1 heterocycles. The molecule has 0 bridgehead atoms. The summed E-state index contributed by atoms with van der Waals surface area (Å²) in [6.45, 7) is 5.14. The van der Waals surface area contributed by atoms with Gasteiger partial charge >= 0.3 is 0 Å². The van der Waals surface area contributed by atoms with Gasteiger partial charge in [-0.2, -0.15) is 0 Å². The lowest BCUT2D eigenvalue weighted by molar-refractivity contribution is 0.239. The maximum absolute atomic E-state index is 3.46. The third kappa shape index (κ3) is 5.27. The highest BCUT2D eigenvalue weighted by atomic mass is 15.1. The van der Waals surface area contributed by atoms with Gasteiger partial charge in [0.15, 0.2) is 0 Å². The molecule has 2 fully saturated rings. The Morgan fingerprint density at radius 2 is 1.39 bits per heavy atom. The molecule has 0 spiro atoms. The minimum Gasteiger partial charge on any atom is -0.317 e. The summed E-state index contributed by atoms with van der Waals surface area (Å²) >= 11 is 0. The summed E-state index contributed by atoms with van der Waals surface area (Å²) in [4.78, 5) is 2.58. The van der Waals surface area contributed by atoms with Crippen LogP contribution in [0.3, 0.4) is 0 Å². The summed E-state index contributed by atoms with van der Waals surface area (Å²) in [6, 6.07) is 0. The lowest BCUT2D eigenvalue weighted by atomic mass is 9.87. The van der Waals surface area contributed by atoms with Gasteiger partial charge < -0.3 is 10.2 Å². The van der Waals surface area contributed by atoms with E-state index in [1.165, 1.54) is 84.0 Å². The monoisotopic (exact) mass is 252 g/mol. The molecule has 0 amide bonds. The Morgan fingerprint density at radius 3 is 2.00 bits per heavy atom. The van der Waals surface area contributed by atoms with E-state index in [1.807, 2.05) is 0 Å². The number of hydrogen-bond acceptors (Lipinski definition) is 2. The van der Waals surface area contributed by atoms with Crippen LogP contribution < -0.4 is 5.32 Å². The molecule has 18 heavy (non-hydrogen) atoms. The second kappa shape index (κ2) is 8.16.